The highest BCUT2D eigenvalue weighted by Crippen LogP contribution is 2.36. The summed E-state index contributed by atoms with van der Waals surface area (Å²) < 4.78 is 21.2. The number of hydrogen-bond donors (Lipinski definition) is 2. The number of aryl methyl sites for hydroxylation is 1. The summed E-state index contributed by atoms with van der Waals surface area (Å²) in [6.07, 6.45) is 5.94. The van der Waals surface area contributed by atoms with Crippen LogP contribution in [0.4, 0.5) is 5.69 Å². The molecule has 1 aromatic carbocycles. The minimum atomic E-state index is -3.34. The van der Waals surface area contributed by atoms with E-state index in [1.807, 2.05) is 25.1 Å². The van der Waals surface area contributed by atoms with Crippen molar-refractivity contribution in [2.45, 2.75) is 52.4 Å². The maximum absolute atomic E-state index is 11.1. The summed E-state index contributed by atoms with van der Waals surface area (Å²) in [6.45, 7) is 6.24. The fraction of sp³-hybridized carbons (Fsp3) is 0.650. The van der Waals surface area contributed by atoms with Crippen LogP contribution >= 0.6 is 7.60 Å². The van der Waals surface area contributed by atoms with Crippen molar-refractivity contribution in [2.24, 2.45) is 16.6 Å². The maximum atomic E-state index is 11.1. The number of ether oxygens (including phenoxy) is 1. The molecule has 3 N–H and O–H groups in total. The van der Waals surface area contributed by atoms with Crippen LogP contribution in [0.2, 0.25) is 0 Å². The molecule has 0 amide bonds. The molecule has 0 radical (unpaired) electrons. The van der Waals surface area contributed by atoms with E-state index in [4.69, 9.17) is 24.9 Å². The van der Waals surface area contributed by atoms with Crippen molar-refractivity contribution in [3.8, 4) is 5.75 Å². The fourth-order valence-corrected chi connectivity index (χ4v) is 3.42. The van der Waals surface area contributed by atoms with Crippen LogP contribution in [-0.2, 0) is 9.09 Å². The van der Waals surface area contributed by atoms with Crippen LogP contribution in [0, 0.1) is 12.8 Å². The SMILES string of the molecule is CCC(CCCCCOP(C)(=O)O)CC(CN)=Nc1ccc(OC)cc1C. The van der Waals surface area contributed by atoms with E-state index in [9.17, 15) is 4.57 Å². The molecule has 0 aromatic heterocycles. The van der Waals surface area contributed by atoms with Crippen molar-refractivity contribution in [1.82, 2.24) is 0 Å². The molecular formula is C20H35N2O4P. The van der Waals surface area contributed by atoms with E-state index in [0.29, 0.717) is 19.1 Å². The summed E-state index contributed by atoms with van der Waals surface area (Å²) in [5.41, 5.74) is 8.98. The Hall–Kier alpha value is -1.20. The highest BCUT2D eigenvalue weighted by molar-refractivity contribution is 7.51. The van der Waals surface area contributed by atoms with Gasteiger partial charge in [-0.3, -0.25) is 9.56 Å². The highest BCUT2D eigenvalue weighted by atomic mass is 31.2. The quantitative estimate of drug-likeness (QED) is 0.282. The molecular weight excluding hydrogens is 363 g/mol. The van der Waals surface area contributed by atoms with E-state index >= 15 is 0 Å². The molecule has 0 aliphatic heterocycles. The van der Waals surface area contributed by atoms with Crippen molar-refractivity contribution in [3.05, 3.63) is 23.8 Å². The third-order valence-electron chi connectivity index (χ3n) is 4.61. The zero-order chi connectivity index (χ0) is 20.3. The van der Waals surface area contributed by atoms with Crippen molar-refractivity contribution >= 4 is 19.0 Å². The molecule has 154 valence electrons. The van der Waals surface area contributed by atoms with Crippen molar-refractivity contribution in [2.75, 3.05) is 26.9 Å². The first-order valence-corrected chi connectivity index (χ1v) is 11.7. The minimum Gasteiger partial charge on any atom is -0.497 e. The molecule has 0 bridgehead atoms. The second kappa shape index (κ2) is 12.3. The third kappa shape index (κ3) is 10.1. The second-order valence-electron chi connectivity index (χ2n) is 7.00. The van der Waals surface area contributed by atoms with E-state index in [-0.39, 0.29) is 0 Å². The first-order valence-electron chi connectivity index (χ1n) is 9.65. The van der Waals surface area contributed by atoms with E-state index in [1.165, 1.54) is 6.66 Å². The summed E-state index contributed by atoms with van der Waals surface area (Å²) >= 11 is 0. The number of unbranched alkanes of at least 4 members (excludes halogenated alkanes) is 2. The van der Waals surface area contributed by atoms with E-state index < -0.39 is 7.60 Å². The van der Waals surface area contributed by atoms with Crippen LogP contribution < -0.4 is 10.5 Å². The van der Waals surface area contributed by atoms with Gasteiger partial charge in [0, 0.05) is 18.9 Å². The molecule has 6 nitrogen and oxygen atoms in total. The van der Waals surface area contributed by atoms with Crippen LogP contribution in [0.15, 0.2) is 23.2 Å². The van der Waals surface area contributed by atoms with Crippen LogP contribution in [0.3, 0.4) is 0 Å². The molecule has 0 aliphatic carbocycles. The average molecular weight is 398 g/mol. The summed E-state index contributed by atoms with van der Waals surface area (Å²) in [4.78, 5) is 13.9. The first-order chi connectivity index (χ1) is 12.8. The zero-order valence-corrected chi connectivity index (χ0v) is 18.0. The van der Waals surface area contributed by atoms with Gasteiger partial charge < -0.3 is 19.9 Å². The Kier molecular flexibility index (Phi) is 10.9. The monoisotopic (exact) mass is 398 g/mol. The van der Waals surface area contributed by atoms with E-state index in [0.717, 1.165) is 61.2 Å². The van der Waals surface area contributed by atoms with Gasteiger partial charge in [-0.1, -0.05) is 32.6 Å². The number of methoxy groups -OCH3 is 1. The molecule has 2 unspecified atom stereocenters. The van der Waals surface area contributed by atoms with Gasteiger partial charge in [0.2, 0.25) is 0 Å². The average Bonchev–Trinajstić information content (AvgIpc) is 2.62. The van der Waals surface area contributed by atoms with Gasteiger partial charge in [0.15, 0.2) is 0 Å². The number of hydrogen-bond acceptors (Lipinski definition) is 5. The molecule has 0 fully saturated rings. The summed E-state index contributed by atoms with van der Waals surface area (Å²) in [5, 5.41) is 0. The molecule has 1 aromatic rings. The Labute approximate surface area is 163 Å². The lowest BCUT2D eigenvalue weighted by Gasteiger charge is -2.16. The number of rotatable bonds is 13. The zero-order valence-electron chi connectivity index (χ0n) is 17.1. The second-order valence-corrected chi connectivity index (χ2v) is 8.86. The normalized spacial score (nSPS) is 15.4. The van der Waals surface area contributed by atoms with Crippen molar-refractivity contribution in [1.29, 1.82) is 0 Å². The lowest BCUT2D eigenvalue weighted by molar-refractivity contribution is 0.256. The predicted octanol–water partition coefficient (Wildman–Crippen LogP) is 4.84. The van der Waals surface area contributed by atoms with Crippen molar-refractivity contribution < 1.29 is 18.7 Å². The lowest BCUT2D eigenvalue weighted by atomic mass is 9.93. The number of benzene rings is 1. The Balaban J connectivity index is 2.52. The molecule has 0 saturated carbocycles. The topological polar surface area (TPSA) is 94.1 Å². The Morgan fingerprint density at radius 2 is 2.07 bits per heavy atom. The Bertz CT molecular complexity index is 643. The molecule has 27 heavy (non-hydrogen) atoms. The minimum absolute atomic E-state index is 0.341. The molecule has 0 aliphatic rings. The van der Waals surface area contributed by atoms with Crippen molar-refractivity contribution in [3.63, 3.8) is 0 Å². The number of nitrogens with two attached hydrogens (primary N) is 1. The van der Waals surface area contributed by atoms with Gasteiger partial charge in [0.05, 0.1) is 19.4 Å². The smallest absolute Gasteiger partial charge is 0.325 e. The lowest BCUT2D eigenvalue weighted by Crippen LogP contribution is -2.18. The molecule has 0 saturated heterocycles. The van der Waals surface area contributed by atoms with Crippen LogP contribution in [0.5, 0.6) is 5.75 Å². The number of nitrogens with zero attached hydrogens (tertiary/aromatic N) is 1. The molecule has 1 rings (SSSR count). The van der Waals surface area contributed by atoms with E-state index in [2.05, 4.69) is 6.92 Å². The van der Waals surface area contributed by atoms with Gasteiger partial charge >= 0.3 is 7.60 Å². The highest BCUT2D eigenvalue weighted by Gasteiger charge is 2.12. The molecule has 0 heterocycles. The van der Waals surface area contributed by atoms with Gasteiger partial charge in [-0.25, -0.2) is 0 Å². The summed E-state index contributed by atoms with van der Waals surface area (Å²) in [7, 11) is -1.68. The largest absolute Gasteiger partial charge is 0.497 e. The van der Waals surface area contributed by atoms with Crippen LogP contribution in [0.1, 0.15) is 51.0 Å². The summed E-state index contributed by atoms with van der Waals surface area (Å²) in [5.74, 6) is 1.37. The van der Waals surface area contributed by atoms with Gasteiger partial charge in [-0.05, 0) is 49.4 Å². The Morgan fingerprint density at radius 1 is 1.33 bits per heavy atom. The van der Waals surface area contributed by atoms with Gasteiger partial charge in [-0.2, -0.15) is 0 Å². The standard InChI is InChI=1S/C20H35N2O4P/c1-5-17(9-7-6-8-12-26-27(4,23)24)14-18(15-21)22-20-11-10-19(25-3)13-16(20)2/h10-11,13,17H,5-9,12,14-15,21H2,1-4H3,(H,23,24). The molecule has 7 heteroatoms. The molecule has 0 spiro atoms. The van der Waals surface area contributed by atoms with Crippen LogP contribution in [-0.4, -0.2) is 37.5 Å². The van der Waals surface area contributed by atoms with Gasteiger partial charge in [0.1, 0.15) is 5.75 Å². The first kappa shape index (κ1) is 23.8. The van der Waals surface area contributed by atoms with E-state index in [1.54, 1.807) is 7.11 Å². The number of aliphatic imine (C=N–C) groups is 1. The fourth-order valence-electron chi connectivity index (χ4n) is 2.95. The summed E-state index contributed by atoms with van der Waals surface area (Å²) in [6, 6.07) is 5.87. The van der Waals surface area contributed by atoms with Gasteiger partial charge in [0.25, 0.3) is 0 Å². The maximum Gasteiger partial charge on any atom is 0.325 e. The molecule has 2 atom stereocenters. The predicted molar refractivity (Wildman–Crippen MR) is 112 cm³/mol. The van der Waals surface area contributed by atoms with Gasteiger partial charge in [-0.15, -0.1) is 0 Å². The third-order valence-corrected chi connectivity index (χ3v) is 5.27. The Morgan fingerprint density at radius 3 is 2.63 bits per heavy atom. The van der Waals surface area contributed by atoms with Crippen LogP contribution in [0.25, 0.3) is 0 Å².